The molecule has 1 aliphatic rings. The summed E-state index contributed by atoms with van der Waals surface area (Å²) >= 11 is 0. The maximum atomic E-state index is 2.49. The van der Waals surface area contributed by atoms with Gasteiger partial charge in [-0.3, -0.25) is 0 Å². The van der Waals surface area contributed by atoms with Gasteiger partial charge in [-0.25, -0.2) is 0 Å². The molecule has 0 heterocycles. The summed E-state index contributed by atoms with van der Waals surface area (Å²) in [6.07, 6.45) is 11.6. The average molecular weight is 240 g/mol. The van der Waals surface area contributed by atoms with Crippen LogP contribution in [-0.4, -0.2) is 0 Å². The molecule has 1 saturated carbocycles. The van der Waals surface area contributed by atoms with Gasteiger partial charge in [0.25, 0.3) is 0 Å². The summed E-state index contributed by atoms with van der Waals surface area (Å²) in [4.78, 5) is 0. The Kier molecular flexibility index (Phi) is 9.00. The van der Waals surface area contributed by atoms with E-state index < -0.39 is 0 Å². The largest absolute Gasteiger partial charge is 0.0683 e. The van der Waals surface area contributed by atoms with Crippen LogP contribution in [0.3, 0.4) is 0 Å². The van der Waals surface area contributed by atoms with Crippen molar-refractivity contribution in [3.63, 3.8) is 0 Å². The Morgan fingerprint density at radius 3 is 2.35 bits per heavy atom. The normalized spacial score (nSPS) is 24.7. The van der Waals surface area contributed by atoms with Gasteiger partial charge < -0.3 is 0 Å². The highest BCUT2D eigenvalue weighted by molar-refractivity contribution is 4.83. The fourth-order valence-electron chi connectivity index (χ4n) is 3.16. The van der Waals surface area contributed by atoms with Crippen molar-refractivity contribution in [2.45, 2.75) is 92.9 Å². The van der Waals surface area contributed by atoms with Gasteiger partial charge >= 0.3 is 0 Å². The van der Waals surface area contributed by atoms with E-state index in [4.69, 9.17) is 0 Å². The predicted octanol–water partition coefficient (Wildman–Crippen LogP) is 6.45. The molecule has 0 aromatic rings. The van der Waals surface area contributed by atoms with Gasteiger partial charge in [0.1, 0.15) is 0 Å². The van der Waals surface area contributed by atoms with E-state index in [0.717, 1.165) is 11.8 Å². The molecule has 1 fully saturated rings. The second-order valence-electron chi connectivity index (χ2n) is 6.41. The predicted molar refractivity (Wildman–Crippen MR) is 80.4 cm³/mol. The zero-order valence-electron chi connectivity index (χ0n) is 13.3. The Morgan fingerprint density at radius 2 is 1.82 bits per heavy atom. The van der Waals surface area contributed by atoms with Crippen LogP contribution in [0.4, 0.5) is 0 Å². The number of hydrogen-bond donors (Lipinski definition) is 0. The van der Waals surface area contributed by atoms with E-state index in [1.807, 2.05) is 13.8 Å². The molecule has 0 aliphatic heterocycles. The van der Waals surface area contributed by atoms with Crippen molar-refractivity contribution in [3.05, 3.63) is 0 Å². The summed E-state index contributed by atoms with van der Waals surface area (Å²) < 4.78 is 0. The lowest BCUT2D eigenvalue weighted by Gasteiger charge is -2.40. The summed E-state index contributed by atoms with van der Waals surface area (Å²) in [6, 6.07) is 0. The number of unbranched alkanes of at least 4 members (excludes halogenated alkanes) is 1. The van der Waals surface area contributed by atoms with Crippen LogP contribution in [0.15, 0.2) is 0 Å². The second-order valence-corrected chi connectivity index (χ2v) is 6.41. The summed E-state index contributed by atoms with van der Waals surface area (Å²) in [6.45, 7) is 13.7. The van der Waals surface area contributed by atoms with Crippen LogP contribution in [0.5, 0.6) is 0 Å². The zero-order valence-corrected chi connectivity index (χ0v) is 13.3. The number of hydrogen-bond acceptors (Lipinski definition) is 0. The Labute approximate surface area is 111 Å². The van der Waals surface area contributed by atoms with E-state index in [2.05, 4.69) is 27.7 Å². The van der Waals surface area contributed by atoms with E-state index >= 15 is 0 Å². The quantitative estimate of drug-likeness (QED) is 0.518. The van der Waals surface area contributed by atoms with Crippen molar-refractivity contribution < 1.29 is 0 Å². The zero-order chi connectivity index (χ0) is 13.3. The Morgan fingerprint density at radius 1 is 1.18 bits per heavy atom. The van der Waals surface area contributed by atoms with E-state index in [1.165, 1.54) is 51.4 Å². The topological polar surface area (TPSA) is 0 Å². The molecule has 2 atom stereocenters. The second kappa shape index (κ2) is 9.00. The van der Waals surface area contributed by atoms with Crippen LogP contribution < -0.4 is 0 Å². The van der Waals surface area contributed by atoms with Crippen molar-refractivity contribution in [1.82, 2.24) is 0 Å². The molecular formula is C17H36. The standard InChI is InChI=1S/C15H30.C2H6/c1-5-6-9-13(2)12-14-10-7-8-11-15(14,3)4;1-2/h13-14H,5-12H2,1-4H3;1-2H3. The lowest BCUT2D eigenvalue weighted by molar-refractivity contribution is 0.112. The third-order valence-electron chi connectivity index (χ3n) is 4.47. The highest BCUT2D eigenvalue weighted by Gasteiger charge is 2.32. The summed E-state index contributed by atoms with van der Waals surface area (Å²) in [5.74, 6) is 1.95. The van der Waals surface area contributed by atoms with Gasteiger partial charge in [-0.2, -0.15) is 0 Å². The van der Waals surface area contributed by atoms with Crippen LogP contribution in [-0.2, 0) is 0 Å². The summed E-state index contributed by atoms with van der Waals surface area (Å²) in [7, 11) is 0. The third-order valence-corrected chi connectivity index (χ3v) is 4.47. The molecule has 0 radical (unpaired) electrons. The van der Waals surface area contributed by atoms with Crippen LogP contribution >= 0.6 is 0 Å². The Bertz CT molecular complexity index is 169. The van der Waals surface area contributed by atoms with E-state index in [0.29, 0.717) is 5.41 Å². The highest BCUT2D eigenvalue weighted by atomic mass is 14.4. The van der Waals surface area contributed by atoms with Gasteiger partial charge in [-0.05, 0) is 36.5 Å². The average Bonchev–Trinajstić information content (AvgIpc) is 2.32. The minimum atomic E-state index is 0.624. The van der Waals surface area contributed by atoms with Crippen LogP contribution in [0, 0.1) is 17.3 Å². The first-order valence-corrected chi connectivity index (χ1v) is 8.06. The molecule has 0 nitrogen and oxygen atoms in total. The summed E-state index contributed by atoms with van der Waals surface area (Å²) in [5, 5.41) is 0. The van der Waals surface area contributed by atoms with Gasteiger partial charge in [0.05, 0.1) is 0 Å². The molecule has 0 N–H and O–H groups in total. The van der Waals surface area contributed by atoms with Crippen molar-refractivity contribution in [2.75, 3.05) is 0 Å². The van der Waals surface area contributed by atoms with Crippen molar-refractivity contribution >= 4 is 0 Å². The molecule has 0 aromatic heterocycles. The first kappa shape index (κ1) is 17.0. The van der Waals surface area contributed by atoms with Crippen molar-refractivity contribution in [1.29, 1.82) is 0 Å². The maximum absolute atomic E-state index is 2.49. The minimum absolute atomic E-state index is 0.624. The molecule has 1 aliphatic carbocycles. The third kappa shape index (κ3) is 6.48. The molecule has 2 unspecified atom stereocenters. The van der Waals surface area contributed by atoms with Crippen LogP contribution in [0.25, 0.3) is 0 Å². The first-order valence-electron chi connectivity index (χ1n) is 8.06. The van der Waals surface area contributed by atoms with Crippen molar-refractivity contribution in [2.24, 2.45) is 17.3 Å². The number of rotatable bonds is 5. The molecule has 104 valence electrons. The SMILES string of the molecule is CC.CCCCC(C)CC1CCCCC1(C)C. The monoisotopic (exact) mass is 240 g/mol. The van der Waals surface area contributed by atoms with E-state index in [-0.39, 0.29) is 0 Å². The molecule has 0 saturated heterocycles. The fraction of sp³-hybridized carbons (Fsp3) is 1.00. The molecule has 0 amide bonds. The molecular weight excluding hydrogens is 204 g/mol. The maximum Gasteiger partial charge on any atom is -0.0326 e. The molecule has 1 rings (SSSR count). The molecule has 0 aromatic carbocycles. The van der Waals surface area contributed by atoms with Gasteiger partial charge in [0, 0.05) is 0 Å². The van der Waals surface area contributed by atoms with E-state index in [9.17, 15) is 0 Å². The van der Waals surface area contributed by atoms with Gasteiger partial charge in [-0.15, -0.1) is 0 Å². The van der Waals surface area contributed by atoms with E-state index in [1.54, 1.807) is 0 Å². The van der Waals surface area contributed by atoms with Crippen molar-refractivity contribution in [3.8, 4) is 0 Å². The molecule has 17 heavy (non-hydrogen) atoms. The highest BCUT2D eigenvalue weighted by Crippen LogP contribution is 2.44. The first-order chi connectivity index (χ1) is 8.06. The van der Waals surface area contributed by atoms with Gasteiger partial charge in [0.15, 0.2) is 0 Å². The van der Waals surface area contributed by atoms with Gasteiger partial charge in [0.2, 0.25) is 0 Å². The Hall–Kier alpha value is 0. The van der Waals surface area contributed by atoms with Gasteiger partial charge in [-0.1, -0.05) is 73.6 Å². The molecule has 0 spiro atoms. The lowest BCUT2D eigenvalue weighted by Crippen LogP contribution is -2.29. The Balaban J connectivity index is 0.00000121. The van der Waals surface area contributed by atoms with Crippen LogP contribution in [0.2, 0.25) is 0 Å². The molecule has 0 bridgehead atoms. The molecule has 0 heteroatoms. The summed E-state index contributed by atoms with van der Waals surface area (Å²) in [5.41, 5.74) is 0.624. The smallest absolute Gasteiger partial charge is 0.0326 e. The van der Waals surface area contributed by atoms with Crippen LogP contribution in [0.1, 0.15) is 92.9 Å². The lowest BCUT2D eigenvalue weighted by atomic mass is 9.66. The fourth-order valence-corrected chi connectivity index (χ4v) is 3.16. The minimum Gasteiger partial charge on any atom is -0.0683 e.